The first-order valence-corrected chi connectivity index (χ1v) is 14.1. The van der Waals surface area contributed by atoms with Gasteiger partial charge in [0.15, 0.2) is 0 Å². The van der Waals surface area contributed by atoms with Crippen molar-refractivity contribution in [2.75, 3.05) is 56.7 Å². The molecule has 2 atom stereocenters. The number of aromatic amines is 1. The minimum Gasteiger partial charge on any atom is -0.379 e. The van der Waals surface area contributed by atoms with Crippen LogP contribution in [0.25, 0.3) is 11.1 Å². The summed E-state index contributed by atoms with van der Waals surface area (Å²) in [6, 6.07) is 14.7. The first-order valence-electron chi connectivity index (χ1n) is 14.1. The molecule has 0 saturated carbocycles. The van der Waals surface area contributed by atoms with Crippen LogP contribution in [0.4, 0.5) is 24.5 Å². The maximum atomic E-state index is 13.8. The zero-order valence-electron chi connectivity index (χ0n) is 24.0. The van der Waals surface area contributed by atoms with E-state index in [1.165, 1.54) is 0 Å². The topological polar surface area (TPSA) is 80.9 Å². The molecule has 0 spiro atoms. The molecule has 5 rings (SSSR count). The van der Waals surface area contributed by atoms with Gasteiger partial charge in [-0.3, -0.25) is 19.4 Å². The second-order valence-corrected chi connectivity index (χ2v) is 11.2. The number of ether oxygens (including phenoxy) is 1. The molecule has 224 valence electrons. The van der Waals surface area contributed by atoms with Crippen molar-refractivity contribution in [3.05, 3.63) is 81.8 Å². The highest BCUT2D eigenvalue weighted by molar-refractivity contribution is 6.07. The van der Waals surface area contributed by atoms with Gasteiger partial charge in [0.05, 0.1) is 35.7 Å². The normalized spacial score (nSPS) is 20.5. The Labute approximate surface area is 243 Å². The minimum absolute atomic E-state index is 0.227. The van der Waals surface area contributed by atoms with Crippen LogP contribution in [0.2, 0.25) is 0 Å². The number of nitrogens with zero attached hydrogens (tertiary/aromatic N) is 3. The Bertz CT molecular complexity index is 1470. The smallest absolute Gasteiger partial charge is 0.379 e. The van der Waals surface area contributed by atoms with Crippen LogP contribution >= 0.6 is 0 Å². The first-order chi connectivity index (χ1) is 20.0. The molecule has 1 aromatic heterocycles. The SMILES string of the molecule is C[C@@H]1CN(c2ccc(-c3cccc(CN4CCOCC4)c3)cc2NC(=O)c2c[nH]c(=O)cc2C(F)(F)F)C[C@H](C)N1C. The number of carbonyl (C=O) groups excluding carboxylic acids is 1. The number of anilines is 2. The summed E-state index contributed by atoms with van der Waals surface area (Å²) in [5, 5.41) is 2.75. The largest absolute Gasteiger partial charge is 0.417 e. The summed E-state index contributed by atoms with van der Waals surface area (Å²) in [5.74, 6) is -0.951. The van der Waals surface area contributed by atoms with Crippen molar-refractivity contribution in [2.45, 2.75) is 38.7 Å². The molecule has 3 aromatic rings. The third kappa shape index (κ3) is 6.69. The van der Waals surface area contributed by atoms with Crippen LogP contribution in [-0.2, 0) is 17.5 Å². The van der Waals surface area contributed by atoms with Crippen LogP contribution in [0.5, 0.6) is 0 Å². The molecule has 0 bridgehead atoms. The molecule has 2 aromatic carbocycles. The van der Waals surface area contributed by atoms with Gasteiger partial charge < -0.3 is 19.9 Å². The van der Waals surface area contributed by atoms with Gasteiger partial charge in [0.2, 0.25) is 5.56 Å². The number of nitrogens with one attached hydrogen (secondary N) is 2. The number of pyridine rings is 1. The number of hydrogen-bond acceptors (Lipinski definition) is 6. The van der Waals surface area contributed by atoms with Gasteiger partial charge in [-0.05, 0) is 55.8 Å². The van der Waals surface area contributed by atoms with Crippen molar-refractivity contribution >= 4 is 17.3 Å². The highest BCUT2D eigenvalue weighted by Gasteiger charge is 2.36. The van der Waals surface area contributed by atoms with Crippen LogP contribution in [0.1, 0.15) is 35.3 Å². The van der Waals surface area contributed by atoms with E-state index in [1.54, 1.807) is 0 Å². The maximum absolute atomic E-state index is 13.8. The van der Waals surface area contributed by atoms with Gasteiger partial charge in [-0.1, -0.05) is 24.3 Å². The Kier molecular flexibility index (Phi) is 8.72. The van der Waals surface area contributed by atoms with Gasteiger partial charge in [0.25, 0.3) is 5.91 Å². The van der Waals surface area contributed by atoms with E-state index >= 15 is 0 Å². The van der Waals surface area contributed by atoms with E-state index in [-0.39, 0.29) is 12.1 Å². The zero-order valence-corrected chi connectivity index (χ0v) is 24.0. The number of benzene rings is 2. The maximum Gasteiger partial charge on any atom is 0.417 e. The van der Waals surface area contributed by atoms with Crippen molar-refractivity contribution < 1.29 is 22.7 Å². The fourth-order valence-electron chi connectivity index (χ4n) is 5.64. The lowest BCUT2D eigenvalue weighted by Crippen LogP contribution is -2.55. The fourth-order valence-corrected chi connectivity index (χ4v) is 5.64. The Morgan fingerprint density at radius 1 is 1.02 bits per heavy atom. The van der Waals surface area contributed by atoms with Gasteiger partial charge in [0.1, 0.15) is 0 Å². The van der Waals surface area contributed by atoms with E-state index in [0.717, 1.165) is 48.2 Å². The van der Waals surface area contributed by atoms with Crippen molar-refractivity contribution in [1.82, 2.24) is 14.8 Å². The zero-order chi connectivity index (χ0) is 30.0. The first kappa shape index (κ1) is 29.8. The molecule has 2 N–H and O–H groups in total. The van der Waals surface area contributed by atoms with Crippen LogP contribution in [-0.4, -0.2) is 79.2 Å². The van der Waals surface area contributed by atoms with Crippen LogP contribution in [0, 0.1) is 0 Å². The quantitative estimate of drug-likeness (QED) is 0.439. The van der Waals surface area contributed by atoms with E-state index in [9.17, 15) is 22.8 Å². The molecule has 42 heavy (non-hydrogen) atoms. The number of carbonyl (C=O) groups is 1. The minimum atomic E-state index is -4.87. The van der Waals surface area contributed by atoms with Crippen molar-refractivity contribution in [2.24, 2.45) is 0 Å². The molecule has 3 heterocycles. The molecule has 2 aliphatic heterocycles. The predicted octanol–water partition coefficient (Wildman–Crippen LogP) is 4.67. The molecule has 0 unspecified atom stereocenters. The fraction of sp³-hybridized carbons (Fsp3) is 0.419. The Morgan fingerprint density at radius 3 is 2.40 bits per heavy atom. The molecule has 11 heteroatoms. The predicted molar refractivity (Wildman–Crippen MR) is 157 cm³/mol. The number of H-pyrrole nitrogens is 1. The number of halogens is 3. The number of morpholine rings is 1. The second kappa shape index (κ2) is 12.3. The highest BCUT2D eigenvalue weighted by Crippen LogP contribution is 2.36. The average Bonchev–Trinajstić information content (AvgIpc) is 2.96. The van der Waals surface area contributed by atoms with Crippen LogP contribution in [0.15, 0.2) is 59.5 Å². The summed E-state index contributed by atoms with van der Waals surface area (Å²) in [6.45, 7) is 9.52. The summed E-state index contributed by atoms with van der Waals surface area (Å²) in [6.07, 6.45) is -4.05. The van der Waals surface area contributed by atoms with Crippen LogP contribution < -0.4 is 15.8 Å². The Morgan fingerprint density at radius 2 is 1.71 bits per heavy atom. The average molecular weight is 584 g/mol. The van der Waals surface area contributed by atoms with Gasteiger partial charge in [-0.2, -0.15) is 13.2 Å². The molecule has 2 fully saturated rings. The number of hydrogen-bond donors (Lipinski definition) is 2. The van der Waals surface area contributed by atoms with Crippen molar-refractivity contribution in [3.63, 3.8) is 0 Å². The number of piperazine rings is 1. The number of amides is 1. The second-order valence-electron chi connectivity index (χ2n) is 11.2. The molecular weight excluding hydrogens is 547 g/mol. The molecule has 2 saturated heterocycles. The molecule has 8 nitrogen and oxygen atoms in total. The lowest BCUT2D eigenvalue weighted by Gasteiger charge is -2.44. The molecular formula is C31H36F3N5O3. The third-order valence-corrected chi connectivity index (χ3v) is 8.19. The summed E-state index contributed by atoms with van der Waals surface area (Å²) in [5.41, 5.74) is 1.16. The number of alkyl halides is 3. The number of likely N-dealkylation sites (N-methyl/N-ethyl adjacent to an activating group) is 1. The Hall–Kier alpha value is -3.67. The van der Waals surface area contributed by atoms with E-state index in [0.29, 0.717) is 38.1 Å². The summed E-state index contributed by atoms with van der Waals surface area (Å²) < 4.78 is 46.7. The summed E-state index contributed by atoms with van der Waals surface area (Å²) in [7, 11) is 2.07. The van der Waals surface area contributed by atoms with E-state index in [4.69, 9.17) is 4.74 Å². The van der Waals surface area contributed by atoms with E-state index in [1.807, 2.05) is 30.3 Å². The highest BCUT2D eigenvalue weighted by atomic mass is 19.4. The lowest BCUT2D eigenvalue weighted by atomic mass is 10.00. The number of rotatable bonds is 6. The third-order valence-electron chi connectivity index (χ3n) is 8.19. The van der Waals surface area contributed by atoms with Gasteiger partial charge in [0, 0.05) is 57.1 Å². The van der Waals surface area contributed by atoms with E-state index < -0.39 is 28.8 Å². The van der Waals surface area contributed by atoms with Gasteiger partial charge in [-0.15, -0.1) is 0 Å². The number of aromatic nitrogens is 1. The Balaban J connectivity index is 1.51. The lowest BCUT2D eigenvalue weighted by molar-refractivity contribution is -0.138. The monoisotopic (exact) mass is 583 g/mol. The molecule has 2 aliphatic rings. The molecule has 0 aliphatic carbocycles. The van der Waals surface area contributed by atoms with Crippen LogP contribution in [0.3, 0.4) is 0 Å². The summed E-state index contributed by atoms with van der Waals surface area (Å²) in [4.78, 5) is 34.0. The van der Waals surface area contributed by atoms with Gasteiger partial charge >= 0.3 is 6.18 Å². The van der Waals surface area contributed by atoms with Gasteiger partial charge in [-0.25, -0.2) is 0 Å². The summed E-state index contributed by atoms with van der Waals surface area (Å²) >= 11 is 0. The van der Waals surface area contributed by atoms with E-state index in [2.05, 4.69) is 58.0 Å². The molecule has 0 radical (unpaired) electrons. The van der Waals surface area contributed by atoms with Crippen molar-refractivity contribution in [3.8, 4) is 11.1 Å². The van der Waals surface area contributed by atoms with Crippen molar-refractivity contribution in [1.29, 1.82) is 0 Å². The standard InChI is InChI=1S/C31H36F3N5O3/c1-20-17-39(18-21(2)37(20)3)28-8-7-24(23-6-4-5-22(13-23)19-38-9-11-42-12-10-38)14-27(28)36-30(41)25-16-35-29(40)15-26(25)31(32,33)34/h4-8,13-16,20-21H,9-12,17-19H2,1-3H3,(H,35,40)(H,36,41)/t20-,21+. The molecule has 1 amide bonds.